The first-order valence-corrected chi connectivity index (χ1v) is 13.5. The van der Waals surface area contributed by atoms with Gasteiger partial charge in [0.05, 0.1) is 28.0 Å². The Hall–Kier alpha value is -2.07. The smallest absolute Gasteiger partial charge is 0.341 e. The zero-order chi connectivity index (χ0) is 24.2. The lowest BCUT2D eigenvalue weighted by atomic mass is 10.1. The number of rotatable bonds is 7. The van der Waals surface area contributed by atoms with E-state index in [0.717, 1.165) is 43.2 Å². The van der Waals surface area contributed by atoms with Crippen LogP contribution in [0.3, 0.4) is 0 Å². The summed E-state index contributed by atoms with van der Waals surface area (Å²) < 4.78 is 7.09. The SMILES string of the molecule is CCOC(=O)c1c(NC(=O)CSc2nnc(-c3ccc(Cl)c(Cl)c3)n2C)sc2c1CCCCC2. The highest BCUT2D eigenvalue weighted by Gasteiger charge is 2.26. The van der Waals surface area contributed by atoms with E-state index in [9.17, 15) is 9.59 Å². The van der Waals surface area contributed by atoms with Gasteiger partial charge in [0.15, 0.2) is 11.0 Å². The summed E-state index contributed by atoms with van der Waals surface area (Å²) in [5.74, 6) is 0.154. The van der Waals surface area contributed by atoms with Crippen molar-refractivity contribution in [1.82, 2.24) is 14.8 Å². The molecular weight excluding hydrogens is 515 g/mol. The van der Waals surface area contributed by atoms with Crippen LogP contribution in [-0.4, -0.2) is 39.0 Å². The van der Waals surface area contributed by atoms with Crippen LogP contribution in [0, 0.1) is 0 Å². The monoisotopic (exact) mass is 538 g/mol. The number of hydrogen-bond donors (Lipinski definition) is 1. The van der Waals surface area contributed by atoms with Gasteiger partial charge < -0.3 is 14.6 Å². The topological polar surface area (TPSA) is 86.1 Å². The molecule has 1 aliphatic rings. The lowest BCUT2D eigenvalue weighted by molar-refractivity contribution is -0.113. The first-order chi connectivity index (χ1) is 16.4. The second-order valence-electron chi connectivity index (χ2n) is 7.82. The molecule has 0 radical (unpaired) electrons. The number of hydrogen-bond acceptors (Lipinski definition) is 7. The molecule has 1 aliphatic carbocycles. The standard InChI is InChI=1S/C23H24Cl2N4O3S2/c1-3-32-22(31)19-14-7-5-4-6-8-17(14)34-21(19)26-18(30)12-33-23-28-27-20(29(23)2)13-9-10-15(24)16(25)11-13/h9-11H,3-8,12H2,1-2H3,(H,26,30). The van der Waals surface area contributed by atoms with Gasteiger partial charge in [0.2, 0.25) is 5.91 Å². The highest BCUT2D eigenvalue weighted by Crippen LogP contribution is 2.38. The number of halogens is 2. The molecule has 2 aromatic heterocycles. The van der Waals surface area contributed by atoms with Crippen molar-refractivity contribution in [3.63, 3.8) is 0 Å². The van der Waals surface area contributed by atoms with Crippen LogP contribution in [0.25, 0.3) is 11.4 Å². The van der Waals surface area contributed by atoms with Crippen molar-refractivity contribution in [2.45, 2.75) is 44.2 Å². The maximum absolute atomic E-state index is 12.8. The van der Waals surface area contributed by atoms with Gasteiger partial charge in [-0.05, 0) is 56.4 Å². The number of thiophene rings is 1. The second kappa shape index (κ2) is 11.1. The van der Waals surface area contributed by atoms with E-state index in [4.69, 9.17) is 27.9 Å². The van der Waals surface area contributed by atoms with Crippen molar-refractivity contribution >= 4 is 63.2 Å². The van der Waals surface area contributed by atoms with E-state index >= 15 is 0 Å². The quantitative estimate of drug-likeness (QED) is 0.224. The number of carbonyl (C=O) groups excluding carboxylic acids is 2. The molecule has 0 unspecified atom stereocenters. The molecule has 0 atom stereocenters. The summed E-state index contributed by atoms with van der Waals surface area (Å²) in [7, 11) is 1.83. The number of anilines is 1. The minimum atomic E-state index is -0.371. The highest BCUT2D eigenvalue weighted by molar-refractivity contribution is 7.99. The van der Waals surface area contributed by atoms with Crippen LogP contribution in [0.15, 0.2) is 23.4 Å². The number of nitrogens with zero attached hydrogens (tertiary/aromatic N) is 3. The van der Waals surface area contributed by atoms with Gasteiger partial charge in [0.1, 0.15) is 5.00 Å². The van der Waals surface area contributed by atoms with Crippen LogP contribution < -0.4 is 5.32 Å². The van der Waals surface area contributed by atoms with E-state index in [1.54, 1.807) is 23.6 Å². The van der Waals surface area contributed by atoms with Crippen LogP contribution in [0.2, 0.25) is 10.0 Å². The second-order valence-corrected chi connectivity index (χ2v) is 10.7. The largest absolute Gasteiger partial charge is 0.462 e. The molecule has 3 aromatic rings. The number of nitrogens with one attached hydrogen (secondary N) is 1. The summed E-state index contributed by atoms with van der Waals surface area (Å²) in [4.78, 5) is 26.7. The maximum atomic E-state index is 12.8. The van der Waals surface area contributed by atoms with Crippen LogP contribution in [0.1, 0.15) is 47.0 Å². The summed E-state index contributed by atoms with van der Waals surface area (Å²) in [6, 6.07) is 5.25. The molecule has 2 heterocycles. The van der Waals surface area contributed by atoms with Gasteiger partial charge in [-0.15, -0.1) is 21.5 Å². The molecule has 180 valence electrons. The highest BCUT2D eigenvalue weighted by atomic mass is 35.5. The predicted molar refractivity (Wildman–Crippen MR) is 137 cm³/mol. The maximum Gasteiger partial charge on any atom is 0.341 e. The van der Waals surface area contributed by atoms with E-state index in [1.807, 2.05) is 13.1 Å². The molecule has 0 saturated carbocycles. The van der Waals surface area contributed by atoms with Crippen molar-refractivity contribution in [3.05, 3.63) is 44.2 Å². The molecule has 0 fully saturated rings. The van der Waals surface area contributed by atoms with Gasteiger partial charge in [0, 0.05) is 17.5 Å². The average Bonchev–Trinajstić information content (AvgIpc) is 3.25. The summed E-state index contributed by atoms with van der Waals surface area (Å²) in [5.41, 5.74) is 2.32. The number of aryl methyl sites for hydroxylation is 1. The van der Waals surface area contributed by atoms with Crippen LogP contribution in [-0.2, 0) is 29.4 Å². The Balaban J connectivity index is 1.47. The Bertz CT molecular complexity index is 1230. The van der Waals surface area contributed by atoms with Crippen LogP contribution >= 0.6 is 46.3 Å². The lowest BCUT2D eigenvalue weighted by Crippen LogP contribution is -2.17. The normalized spacial score (nSPS) is 13.3. The van der Waals surface area contributed by atoms with Crippen molar-refractivity contribution in [1.29, 1.82) is 0 Å². The summed E-state index contributed by atoms with van der Waals surface area (Å²) in [5, 5.41) is 13.4. The molecule has 1 aromatic carbocycles. The third-order valence-electron chi connectivity index (χ3n) is 5.50. The molecule has 7 nitrogen and oxygen atoms in total. The molecule has 0 saturated heterocycles. The molecule has 4 rings (SSSR count). The minimum Gasteiger partial charge on any atom is -0.462 e. The Morgan fingerprint density at radius 3 is 2.74 bits per heavy atom. The van der Waals surface area contributed by atoms with Crippen LogP contribution in [0.5, 0.6) is 0 Å². The molecule has 0 aliphatic heterocycles. The molecule has 0 bridgehead atoms. The summed E-state index contributed by atoms with van der Waals surface area (Å²) in [6.45, 7) is 2.07. The summed E-state index contributed by atoms with van der Waals surface area (Å²) in [6.07, 6.45) is 5.03. The first-order valence-electron chi connectivity index (χ1n) is 11.0. The third-order valence-corrected chi connectivity index (χ3v) is 8.47. The van der Waals surface area contributed by atoms with E-state index in [0.29, 0.717) is 38.2 Å². The molecule has 1 N–H and O–H groups in total. The first kappa shape index (κ1) is 25.0. The number of fused-ring (bicyclic) bond motifs is 1. The van der Waals surface area contributed by atoms with Crippen molar-refractivity contribution in [2.24, 2.45) is 7.05 Å². The lowest BCUT2D eigenvalue weighted by Gasteiger charge is -2.08. The van der Waals surface area contributed by atoms with E-state index in [-0.39, 0.29) is 17.6 Å². The number of ether oxygens (including phenoxy) is 1. The Labute approximate surface area is 216 Å². The molecule has 0 spiro atoms. The van der Waals surface area contributed by atoms with Gasteiger partial charge in [-0.1, -0.05) is 41.4 Å². The summed E-state index contributed by atoms with van der Waals surface area (Å²) >= 11 is 14.9. The fourth-order valence-corrected chi connectivity index (χ4v) is 6.17. The van der Waals surface area contributed by atoms with E-state index < -0.39 is 0 Å². The van der Waals surface area contributed by atoms with Gasteiger partial charge in [-0.3, -0.25) is 4.79 Å². The molecule has 11 heteroatoms. The molecule has 34 heavy (non-hydrogen) atoms. The van der Waals surface area contributed by atoms with Gasteiger partial charge in [-0.2, -0.15) is 0 Å². The number of aromatic nitrogens is 3. The number of carbonyl (C=O) groups is 2. The number of amides is 1. The minimum absolute atomic E-state index is 0.123. The van der Waals surface area contributed by atoms with Gasteiger partial charge in [0.25, 0.3) is 0 Å². The van der Waals surface area contributed by atoms with Crippen molar-refractivity contribution in [2.75, 3.05) is 17.7 Å². The zero-order valence-electron chi connectivity index (χ0n) is 18.8. The fraction of sp³-hybridized carbons (Fsp3) is 0.391. The fourth-order valence-electron chi connectivity index (χ4n) is 3.87. The van der Waals surface area contributed by atoms with Gasteiger partial charge >= 0.3 is 5.97 Å². The molecular formula is C23H24Cl2N4O3S2. The average molecular weight is 540 g/mol. The van der Waals surface area contributed by atoms with Crippen LogP contribution in [0.4, 0.5) is 5.00 Å². The Kier molecular flexibility index (Phi) is 8.18. The van der Waals surface area contributed by atoms with Crippen molar-refractivity contribution < 1.29 is 14.3 Å². The predicted octanol–water partition coefficient (Wildman–Crippen LogP) is 6.03. The Morgan fingerprint density at radius 1 is 1.18 bits per heavy atom. The molecule has 1 amide bonds. The Morgan fingerprint density at radius 2 is 1.97 bits per heavy atom. The zero-order valence-corrected chi connectivity index (χ0v) is 22.0. The third kappa shape index (κ3) is 5.43. The van der Waals surface area contributed by atoms with E-state index in [1.165, 1.54) is 28.0 Å². The van der Waals surface area contributed by atoms with Crippen molar-refractivity contribution in [3.8, 4) is 11.4 Å². The van der Waals surface area contributed by atoms with Gasteiger partial charge in [-0.25, -0.2) is 4.79 Å². The number of esters is 1. The van der Waals surface area contributed by atoms with E-state index in [2.05, 4.69) is 15.5 Å². The number of benzene rings is 1. The number of thioether (sulfide) groups is 1.